The highest BCUT2D eigenvalue weighted by atomic mass is 35.5. The number of benzene rings is 1. The Hall–Kier alpha value is -1.26. The lowest BCUT2D eigenvalue weighted by Gasteiger charge is -2.22. The lowest BCUT2D eigenvalue weighted by Crippen LogP contribution is -2.51. The quantitative estimate of drug-likeness (QED) is 0.889. The van der Waals surface area contributed by atoms with Gasteiger partial charge in [0.05, 0.1) is 12.6 Å². The van der Waals surface area contributed by atoms with Crippen LogP contribution < -0.4 is 15.8 Å². The van der Waals surface area contributed by atoms with Gasteiger partial charge in [0.2, 0.25) is 5.91 Å². The monoisotopic (exact) mass is 284 g/mol. The Bertz CT molecular complexity index is 414. The van der Waals surface area contributed by atoms with Gasteiger partial charge in [-0.1, -0.05) is 25.0 Å². The number of rotatable bonds is 4. The van der Waals surface area contributed by atoms with E-state index in [0.29, 0.717) is 6.54 Å². The zero-order valence-corrected chi connectivity index (χ0v) is 12.0. The summed E-state index contributed by atoms with van der Waals surface area (Å²) in [5, 5.41) is 2.91. The van der Waals surface area contributed by atoms with Crippen molar-refractivity contribution < 1.29 is 9.53 Å². The maximum atomic E-state index is 12.0. The highest BCUT2D eigenvalue weighted by molar-refractivity contribution is 5.86. The molecule has 1 amide bonds. The molecule has 1 aliphatic carbocycles. The predicted molar refractivity (Wildman–Crippen MR) is 77.5 cm³/mol. The van der Waals surface area contributed by atoms with Crippen LogP contribution in [0.4, 0.5) is 0 Å². The molecule has 2 rings (SSSR count). The average molecular weight is 285 g/mol. The summed E-state index contributed by atoms with van der Waals surface area (Å²) < 4.78 is 5.08. The molecule has 19 heavy (non-hydrogen) atoms. The number of hydrogen-bond donors (Lipinski definition) is 2. The molecule has 1 saturated carbocycles. The van der Waals surface area contributed by atoms with Gasteiger partial charge < -0.3 is 15.8 Å². The summed E-state index contributed by atoms with van der Waals surface area (Å²) in [5.41, 5.74) is 6.48. The fourth-order valence-electron chi connectivity index (χ4n) is 2.33. The zero-order chi connectivity index (χ0) is 13.0. The zero-order valence-electron chi connectivity index (χ0n) is 11.1. The molecule has 1 aromatic rings. The fourth-order valence-corrected chi connectivity index (χ4v) is 2.33. The topological polar surface area (TPSA) is 64.3 Å². The van der Waals surface area contributed by atoms with Crippen molar-refractivity contribution in [2.45, 2.75) is 37.8 Å². The van der Waals surface area contributed by atoms with Gasteiger partial charge in [0, 0.05) is 6.54 Å². The Labute approximate surface area is 120 Å². The van der Waals surface area contributed by atoms with E-state index < -0.39 is 5.54 Å². The summed E-state index contributed by atoms with van der Waals surface area (Å²) in [6.45, 7) is 0.516. The van der Waals surface area contributed by atoms with Gasteiger partial charge >= 0.3 is 0 Å². The normalized spacial score (nSPS) is 16.5. The van der Waals surface area contributed by atoms with Crippen LogP contribution in [0.15, 0.2) is 24.3 Å². The Morgan fingerprint density at radius 3 is 2.42 bits per heavy atom. The van der Waals surface area contributed by atoms with E-state index in [0.717, 1.165) is 37.0 Å². The van der Waals surface area contributed by atoms with Gasteiger partial charge in [0.1, 0.15) is 5.75 Å². The molecular formula is C14H21ClN2O2. The summed E-state index contributed by atoms with van der Waals surface area (Å²) >= 11 is 0. The maximum absolute atomic E-state index is 12.0. The van der Waals surface area contributed by atoms with Crippen LogP contribution in [-0.4, -0.2) is 18.6 Å². The molecule has 0 unspecified atom stereocenters. The molecule has 1 aromatic carbocycles. The highest BCUT2D eigenvalue weighted by Gasteiger charge is 2.36. The van der Waals surface area contributed by atoms with E-state index in [9.17, 15) is 4.79 Å². The molecule has 1 fully saturated rings. The van der Waals surface area contributed by atoms with E-state index in [1.54, 1.807) is 7.11 Å². The van der Waals surface area contributed by atoms with Crippen LogP contribution in [0.2, 0.25) is 0 Å². The minimum Gasteiger partial charge on any atom is -0.497 e. The van der Waals surface area contributed by atoms with Crippen molar-refractivity contribution in [2.24, 2.45) is 5.73 Å². The molecule has 106 valence electrons. The first-order valence-corrected chi connectivity index (χ1v) is 6.34. The molecule has 0 bridgehead atoms. The first kappa shape index (κ1) is 15.8. The van der Waals surface area contributed by atoms with E-state index in [4.69, 9.17) is 10.5 Å². The Kier molecular flexibility index (Phi) is 5.63. The SMILES string of the molecule is COc1ccc(CNC(=O)C2(N)CCCC2)cc1.Cl. The molecule has 5 heteroatoms. The van der Waals surface area contributed by atoms with E-state index in [2.05, 4.69) is 5.32 Å². The van der Waals surface area contributed by atoms with Crippen LogP contribution in [0.25, 0.3) is 0 Å². The van der Waals surface area contributed by atoms with Gasteiger partial charge in [-0.25, -0.2) is 0 Å². The number of carbonyl (C=O) groups is 1. The van der Waals surface area contributed by atoms with Gasteiger partial charge in [-0.05, 0) is 30.5 Å². The number of nitrogens with one attached hydrogen (secondary N) is 1. The predicted octanol–water partition coefficient (Wildman–Crippen LogP) is 2.00. The molecular weight excluding hydrogens is 264 g/mol. The van der Waals surface area contributed by atoms with Crippen molar-refractivity contribution >= 4 is 18.3 Å². The molecule has 3 N–H and O–H groups in total. The third-order valence-electron chi connectivity index (χ3n) is 3.56. The second-order valence-corrected chi connectivity index (χ2v) is 4.89. The molecule has 1 aliphatic rings. The van der Waals surface area contributed by atoms with Crippen LogP contribution in [-0.2, 0) is 11.3 Å². The summed E-state index contributed by atoms with van der Waals surface area (Å²) in [6.07, 6.45) is 3.68. The van der Waals surface area contributed by atoms with Crippen molar-refractivity contribution in [3.05, 3.63) is 29.8 Å². The lowest BCUT2D eigenvalue weighted by atomic mass is 9.98. The average Bonchev–Trinajstić information content (AvgIpc) is 2.85. The van der Waals surface area contributed by atoms with Crippen molar-refractivity contribution in [1.29, 1.82) is 0 Å². The Morgan fingerprint density at radius 2 is 1.89 bits per heavy atom. The third-order valence-corrected chi connectivity index (χ3v) is 3.56. The van der Waals surface area contributed by atoms with Crippen LogP contribution in [0.1, 0.15) is 31.2 Å². The fraction of sp³-hybridized carbons (Fsp3) is 0.500. The lowest BCUT2D eigenvalue weighted by molar-refractivity contribution is -0.126. The van der Waals surface area contributed by atoms with Crippen LogP contribution in [0, 0.1) is 0 Å². The van der Waals surface area contributed by atoms with E-state index in [-0.39, 0.29) is 18.3 Å². The minimum absolute atomic E-state index is 0. The minimum atomic E-state index is -0.646. The molecule has 4 nitrogen and oxygen atoms in total. The number of methoxy groups -OCH3 is 1. The van der Waals surface area contributed by atoms with E-state index >= 15 is 0 Å². The van der Waals surface area contributed by atoms with Crippen LogP contribution in [0.5, 0.6) is 5.75 Å². The number of ether oxygens (including phenoxy) is 1. The molecule has 0 radical (unpaired) electrons. The number of halogens is 1. The third kappa shape index (κ3) is 3.85. The van der Waals surface area contributed by atoms with E-state index in [1.165, 1.54) is 0 Å². The maximum Gasteiger partial charge on any atom is 0.240 e. The van der Waals surface area contributed by atoms with Crippen LogP contribution >= 0.6 is 12.4 Å². The molecule has 0 heterocycles. The number of amides is 1. The summed E-state index contributed by atoms with van der Waals surface area (Å²) in [4.78, 5) is 12.0. The molecule has 0 saturated heterocycles. The number of carbonyl (C=O) groups excluding carboxylic acids is 1. The second-order valence-electron chi connectivity index (χ2n) is 4.89. The largest absolute Gasteiger partial charge is 0.497 e. The standard InChI is InChI=1S/C14H20N2O2.ClH/c1-18-12-6-4-11(5-7-12)10-16-13(17)14(15)8-2-3-9-14;/h4-7H,2-3,8-10,15H2,1H3,(H,16,17);1H. The van der Waals surface area contributed by atoms with Gasteiger partial charge in [-0.15, -0.1) is 12.4 Å². The Balaban J connectivity index is 0.00000180. The Morgan fingerprint density at radius 1 is 1.32 bits per heavy atom. The molecule has 0 aromatic heterocycles. The van der Waals surface area contributed by atoms with Crippen LogP contribution in [0.3, 0.4) is 0 Å². The van der Waals surface area contributed by atoms with E-state index in [1.807, 2.05) is 24.3 Å². The van der Waals surface area contributed by atoms with Crippen molar-refractivity contribution in [2.75, 3.05) is 7.11 Å². The highest BCUT2D eigenvalue weighted by Crippen LogP contribution is 2.27. The van der Waals surface area contributed by atoms with Crippen molar-refractivity contribution in [3.8, 4) is 5.75 Å². The van der Waals surface area contributed by atoms with Gasteiger partial charge in [0.15, 0.2) is 0 Å². The summed E-state index contributed by atoms with van der Waals surface area (Å²) in [7, 11) is 1.63. The molecule has 0 aliphatic heterocycles. The van der Waals surface area contributed by atoms with Gasteiger partial charge in [0.25, 0.3) is 0 Å². The summed E-state index contributed by atoms with van der Waals surface area (Å²) in [6, 6.07) is 7.65. The first-order chi connectivity index (χ1) is 8.64. The second kappa shape index (κ2) is 6.78. The molecule has 0 spiro atoms. The molecule has 0 atom stereocenters. The van der Waals surface area contributed by atoms with Crippen molar-refractivity contribution in [3.63, 3.8) is 0 Å². The first-order valence-electron chi connectivity index (χ1n) is 6.34. The van der Waals surface area contributed by atoms with Crippen molar-refractivity contribution in [1.82, 2.24) is 5.32 Å². The smallest absolute Gasteiger partial charge is 0.240 e. The number of hydrogen-bond acceptors (Lipinski definition) is 3. The van der Waals surface area contributed by atoms with Gasteiger partial charge in [-0.2, -0.15) is 0 Å². The van der Waals surface area contributed by atoms with Gasteiger partial charge in [-0.3, -0.25) is 4.79 Å². The number of nitrogens with two attached hydrogens (primary N) is 1. The summed E-state index contributed by atoms with van der Waals surface area (Å²) in [5.74, 6) is 0.784.